The van der Waals surface area contributed by atoms with Crippen molar-refractivity contribution in [1.82, 2.24) is 9.55 Å². The molecule has 2 heterocycles. The van der Waals surface area contributed by atoms with Crippen LogP contribution in [0.1, 0.15) is 12.8 Å². The third-order valence-corrected chi connectivity index (χ3v) is 3.65. The Bertz CT molecular complexity index is 353. The Morgan fingerprint density at radius 2 is 2.19 bits per heavy atom. The van der Waals surface area contributed by atoms with Gasteiger partial charge in [0.2, 0.25) is 0 Å². The number of hydrogen-bond donors (Lipinski definition) is 0. The highest BCUT2D eigenvalue weighted by Gasteiger charge is 2.24. The summed E-state index contributed by atoms with van der Waals surface area (Å²) in [6, 6.07) is 0. The van der Waals surface area contributed by atoms with E-state index in [4.69, 9.17) is 27.9 Å². The van der Waals surface area contributed by atoms with Crippen molar-refractivity contribution in [1.29, 1.82) is 0 Å². The van der Waals surface area contributed by atoms with Crippen molar-refractivity contribution in [2.24, 2.45) is 5.92 Å². The van der Waals surface area contributed by atoms with E-state index >= 15 is 0 Å². The molecule has 1 aromatic heterocycles. The van der Waals surface area contributed by atoms with Gasteiger partial charge in [0, 0.05) is 13.2 Å². The molecule has 3 nitrogen and oxygen atoms in total. The lowest BCUT2D eigenvalue weighted by atomic mass is 9.95. The number of rotatable bonds is 3. The quantitative estimate of drug-likeness (QED) is 0.841. The number of alkyl halides is 1. The fraction of sp³-hybridized carbons (Fsp3) is 0.700. The zero-order valence-corrected chi connectivity index (χ0v) is 10.2. The summed E-state index contributed by atoms with van der Waals surface area (Å²) in [6.07, 6.45) is 2.07. The van der Waals surface area contributed by atoms with E-state index in [9.17, 15) is 4.39 Å². The maximum Gasteiger partial charge on any atom is 0.166 e. The molecule has 0 radical (unpaired) electrons. The summed E-state index contributed by atoms with van der Waals surface area (Å²) in [7, 11) is 0. The molecule has 0 aromatic carbocycles. The van der Waals surface area contributed by atoms with Crippen LogP contribution in [0.15, 0.2) is 6.33 Å². The van der Waals surface area contributed by atoms with Crippen LogP contribution in [0.4, 0.5) is 4.39 Å². The smallest absolute Gasteiger partial charge is 0.166 e. The van der Waals surface area contributed by atoms with Gasteiger partial charge in [0.25, 0.3) is 0 Å². The first-order chi connectivity index (χ1) is 7.68. The monoisotopic (exact) mass is 266 g/mol. The zero-order valence-electron chi connectivity index (χ0n) is 8.70. The summed E-state index contributed by atoms with van der Waals surface area (Å²) in [6.45, 7) is 1.50. The number of nitrogens with zero attached hydrogens (tertiary/aromatic N) is 2. The Hall–Kier alpha value is -0.320. The van der Waals surface area contributed by atoms with Crippen LogP contribution in [0.3, 0.4) is 0 Å². The van der Waals surface area contributed by atoms with Crippen LogP contribution in [-0.2, 0) is 11.3 Å². The van der Waals surface area contributed by atoms with Gasteiger partial charge in [-0.2, -0.15) is 0 Å². The first kappa shape index (κ1) is 12.1. The van der Waals surface area contributed by atoms with E-state index in [2.05, 4.69) is 4.98 Å². The van der Waals surface area contributed by atoms with Gasteiger partial charge in [0.15, 0.2) is 5.15 Å². The second kappa shape index (κ2) is 5.34. The Morgan fingerprint density at radius 3 is 2.75 bits per heavy atom. The molecule has 6 heteroatoms. The number of ether oxygens (including phenoxy) is 1. The summed E-state index contributed by atoms with van der Waals surface area (Å²) in [5.74, 6) is 0.0472. The molecule has 0 spiro atoms. The van der Waals surface area contributed by atoms with Gasteiger partial charge >= 0.3 is 0 Å². The molecule has 0 amide bonds. The van der Waals surface area contributed by atoms with E-state index in [1.165, 1.54) is 6.33 Å². The molecule has 90 valence electrons. The van der Waals surface area contributed by atoms with Crippen LogP contribution >= 0.6 is 23.2 Å². The van der Waals surface area contributed by atoms with E-state index in [1.54, 1.807) is 4.57 Å². The number of halogens is 3. The summed E-state index contributed by atoms with van der Waals surface area (Å²) in [5.41, 5.74) is 0. The highest BCUT2D eigenvalue weighted by Crippen LogP contribution is 2.25. The Labute approximate surface area is 104 Å². The van der Waals surface area contributed by atoms with E-state index in [0.29, 0.717) is 18.4 Å². The van der Waals surface area contributed by atoms with E-state index in [1.807, 2.05) is 0 Å². The molecule has 1 fully saturated rings. The molecule has 0 aliphatic carbocycles. The summed E-state index contributed by atoms with van der Waals surface area (Å²) in [5, 5.41) is 0.525. The fourth-order valence-corrected chi connectivity index (χ4v) is 2.20. The molecule has 1 aromatic rings. The van der Waals surface area contributed by atoms with Gasteiger partial charge in [-0.25, -0.2) is 9.37 Å². The van der Waals surface area contributed by atoms with Crippen LogP contribution in [0.2, 0.25) is 10.3 Å². The lowest BCUT2D eigenvalue weighted by Gasteiger charge is -2.25. The molecule has 1 unspecified atom stereocenters. The van der Waals surface area contributed by atoms with Crippen molar-refractivity contribution in [2.45, 2.75) is 25.6 Å². The molecular formula is C10H13Cl2FN2O. The first-order valence-electron chi connectivity index (χ1n) is 5.26. The third-order valence-electron chi connectivity index (χ3n) is 2.88. The molecule has 1 atom stereocenters. The lowest BCUT2D eigenvalue weighted by Crippen LogP contribution is -2.27. The topological polar surface area (TPSA) is 27.1 Å². The maximum absolute atomic E-state index is 14.0. The second-order valence-corrected chi connectivity index (χ2v) is 4.66. The molecule has 1 saturated heterocycles. The highest BCUT2D eigenvalue weighted by atomic mass is 35.5. The average Bonchev–Trinajstić information content (AvgIpc) is 2.62. The number of hydrogen-bond acceptors (Lipinski definition) is 2. The maximum atomic E-state index is 14.0. The van der Waals surface area contributed by atoms with Gasteiger partial charge in [-0.05, 0) is 18.8 Å². The van der Waals surface area contributed by atoms with Crippen molar-refractivity contribution >= 4 is 23.2 Å². The standard InChI is InChI=1S/C10H13Cl2FN2O/c11-9-10(12)15(6-14-9)5-8(13)7-1-3-16-4-2-7/h6-8H,1-5H2. The number of aromatic nitrogens is 2. The molecule has 0 saturated carbocycles. The third kappa shape index (κ3) is 2.67. The normalized spacial score (nSPS) is 19.9. The Morgan fingerprint density at radius 1 is 1.50 bits per heavy atom. The minimum atomic E-state index is -0.924. The summed E-state index contributed by atoms with van der Waals surface area (Å²) in [4.78, 5) is 3.82. The first-order valence-corrected chi connectivity index (χ1v) is 6.02. The SMILES string of the molecule is FC(Cn1cnc(Cl)c1Cl)C1CCOCC1. The van der Waals surface area contributed by atoms with Crippen LogP contribution in [0.25, 0.3) is 0 Å². The largest absolute Gasteiger partial charge is 0.381 e. The van der Waals surface area contributed by atoms with Gasteiger partial charge in [-0.3, -0.25) is 0 Å². The minimum absolute atomic E-state index is 0.0472. The summed E-state index contributed by atoms with van der Waals surface area (Å²) >= 11 is 11.6. The van der Waals surface area contributed by atoms with Crippen LogP contribution in [-0.4, -0.2) is 28.9 Å². The Kier molecular flexibility index (Phi) is 4.05. The van der Waals surface area contributed by atoms with Gasteiger partial charge in [0.05, 0.1) is 12.9 Å². The molecular weight excluding hydrogens is 254 g/mol. The predicted molar refractivity (Wildman–Crippen MR) is 60.7 cm³/mol. The van der Waals surface area contributed by atoms with Gasteiger partial charge in [-0.1, -0.05) is 23.2 Å². The van der Waals surface area contributed by atoms with Crippen molar-refractivity contribution in [2.75, 3.05) is 13.2 Å². The molecule has 2 rings (SSSR count). The molecule has 16 heavy (non-hydrogen) atoms. The zero-order chi connectivity index (χ0) is 11.5. The lowest BCUT2D eigenvalue weighted by molar-refractivity contribution is 0.0328. The summed E-state index contributed by atoms with van der Waals surface area (Å²) < 4.78 is 20.7. The van der Waals surface area contributed by atoms with Crippen molar-refractivity contribution < 1.29 is 9.13 Å². The highest BCUT2D eigenvalue weighted by molar-refractivity contribution is 6.40. The van der Waals surface area contributed by atoms with Crippen LogP contribution < -0.4 is 0 Å². The fourth-order valence-electron chi connectivity index (χ4n) is 1.88. The van der Waals surface area contributed by atoms with Gasteiger partial charge in [0.1, 0.15) is 11.3 Å². The second-order valence-electron chi connectivity index (χ2n) is 3.94. The van der Waals surface area contributed by atoms with Crippen molar-refractivity contribution in [3.05, 3.63) is 16.6 Å². The predicted octanol–water partition coefficient (Wildman–Crippen LogP) is 2.95. The molecule has 0 N–H and O–H groups in total. The number of imidazole rings is 1. The molecule has 0 bridgehead atoms. The van der Waals surface area contributed by atoms with Gasteiger partial charge in [-0.15, -0.1) is 0 Å². The Balaban J connectivity index is 1.95. The van der Waals surface area contributed by atoms with Crippen molar-refractivity contribution in [3.8, 4) is 0 Å². The van der Waals surface area contributed by atoms with Crippen LogP contribution in [0.5, 0.6) is 0 Å². The van der Waals surface area contributed by atoms with Gasteiger partial charge < -0.3 is 9.30 Å². The van der Waals surface area contributed by atoms with Crippen molar-refractivity contribution in [3.63, 3.8) is 0 Å². The molecule has 1 aliphatic heterocycles. The van der Waals surface area contributed by atoms with E-state index < -0.39 is 6.17 Å². The van der Waals surface area contributed by atoms with E-state index in [-0.39, 0.29) is 17.6 Å². The van der Waals surface area contributed by atoms with E-state index in [0.717, 1.165) is 12.8 Å². The van der Waals surface area contributed by atoms with Crippen LogP contribution in [0, 0.1) is 5.92 Å². The minimum Gasteiger partial charge on any atom is -0.381 e. The average molecular weight is 267 g/mol. The molecule has 1 aliphatic rings.